The number of pyridine rings is 1. The van der Waals surface area contributed by atoms with E-state index in [2.05, 4.69) is 4.98 Å². The first kappa shape index (κ1) is 13.7. The number of hydrogen-bond acceptors (Lipinski definition) is 4. The third kappa shape index (κ3) is 2.87. The summed E-state index contributed by atoms with van der Waals surface area (Å²) < 4.78 is 0. The van der Waals surface area contributed by atoms with Crippen molar-refractivity contribution in [2.24, 2.45) is 0 Å². The SMILES string of the molecule is CN(C(=O)c1cnc(N)c(Cl)c1)C(C)(C)CO. The topological polar surface area (TPSA) is 79.5 Å². The lowest BCUT2D eigenvalue weighted by Gasteiger charge is -2.33. The Bertz CT molecular complexity index is 435. The number of anilines is 1. The molecule has 0 aliphatic carbocycles. The van der Waals surface area contributed by atoms with Crippen molar-refractivity contribution < 1.29 is 9.90 Å². The highest BCUT2D eigenvalue weighted by Crippen LogP contribution is 2.20. The molecule has 1 amide bonds. The first-order chi connectivity index (χ1) is 7.79. The summed E-state index contributed by atoms with van der Waals surface area (Å²) in [6.07, 6.45) is 1.37. The quantitative estimate of drug-likeness (QED) is 0.852. The van der Waals surface area contributed by atoms with E-state index in [-0.39, 0.29) is 23.4 Å². The standard InChI is InChI=1S/C11H16ClN3O2/c1-11(2,6-16)15(3)10(17)7-4-8(12)9(13)14-5-7/h4-5,16H,6H2,1-3H3,(H2,13,14). The van der Waals surface area contributed by atoms with E-state index in [4.69, 9.17) is 17.3 Å². The Hall–Kier alpha value is -1.33. The molecule has 17 heavy (non-hydrogen) atoms. The maximum atomic E-state index is 12.1. The number of nitrogens with zero attached hydrogens (tertiary/aromatic N) is 2. The summed E-state index contributed by atoms with van der Waals surface area (Å²) in [5, 5.41) is 9.45. The lowest BCUT2D eigenvalue weighted by atomic mass is 10.0. The van der Waals surface area contributed by atoms with Gasteiger partial charge in [-0.3, -0.25) is 4.79 Å². The number of likely N-dealkylation sites (N-methyl/N-ethyl adjacent to an activating group) is 1. The van der Waals surface area contributed by atoms with E-state index in [0.29, 0.717) is 5.56 Å². The third-order valence-corrected chi connectivity index (χ3v) is 3.02. The molecular formula is C11H16ClN3O2. The van der Waals surface area contributed by atoms with Gasteiger partial charge in [-0.25, -0.2) is 4.98 Å². The van der Waals surface area contributed by atoms with Gasteiger partial charge in [0, 0.05) is 13.2 Å². The lowest BCUT2D eigenvalue weighted by molar-refractivity contribution is 0.0473. The molecule has 94 valence electrons. The number of carbonyl (C=O) groups is 1. The van der Waals surface area contributed by atoms with Crippen LogP contribution in [-0.4, -0.2) is 40.1 Å². The van der Waals surface area contributed by atoms with Crippen LogP contribution in [0.2, 0.25) is 5.02 Å². The summed E-state index contributed by atoms with van der Waals surface area (Å²) in [7, 11) is 1.61. The monoisotopic (exact) mass is 257 g/mol. The molecule has 1 aromatic rings. The van der Waals surface area contributed by atoms with Crippen molar-refractivity contribution in [2.45, 2.75) is 19.4 Å². The minimum absolute atomic E-state index is 0.134. The zero-order valence-electron chi connectivity index (χ0n) is 10.1. The molecule has 1 heterocycles. The summed E-state index contributed by atoms with van der Waals surface area (Å²) in [5.74, 6) is -0.0780. The van der Waals surface area contributed by atoms with Crippen molar-refractivity contribution in [1.82, 2.24) is 9.88 Å². The average Bonchev–Trinajstić information content (AvgIpc) is 2.30. The number of halogens is 1. The van der Waals surface area contributed by atoms with Crippen LogP contribution in [0, 0.1) is 0 Å². The molecule has 6 heteroatoms. The maximum absolute atomic E-state index is 12.1. The molecule has 0 atom stereocenters. The summed E-state index contributed by atoms with van der Waals surface area (Å²) >= 11 is 5.80. The number of nitrogens with two attached hydrogens (primary N) is 1. The van der Waals surface area contributed by atoms with Crippen molar-refractivity contribution >= 4 is 23.3 Å². The number of rotatable bonds is 3. The molecule has 0 aromatic carbocycles. The van der Waals surface area contributed by atoms with Crippen molar-refractivity contribution in [1.29, 1.82) is 0 Å². The second-order valence-electron chi connectivity index (χ2n) is 4.43. The predicted octanol–water partition coefficient (Wildman–Crippen LogP) is 1.16. The van der Waals surface area contributed by atoms with E-state index in [0.717, 1.165) is 0 Å². The van der Waals surface area contributed by atoms with Crippen molar-refractivity contribution in [3.05, 3.63) is 22.8 Å². The Labute approximate surface area is 105 Å². The molecule has 1 aromatic heterocycles. The molecule has 0 saturated carbocycles. The van der Waals surface area contributed by atoms with Crippen LogP contribution in [0.4, 0.5) is 5.82 Å². The molecular weight excluding hydrogens is 242 g/mol. The van der Waals surface area contributed by atoms with Crippen LogP contribution in [-0.2, 0) is 0 Å². The fourth-order valence-electron chi connectivity index (χ4n) is 1.14. The zero-order chi connectivity index (χ0) is 13.2. The third-order valence-electron chi connectivity index (χ3n) is 2.72. The van der Waals surface area contributed by atoms with Crippen LogP contribution < -0.4 is 5.73 Å². The minimum atomic E-state index is -0.648. The average molecular weight is 258 g/mol. The van der Waals surface area contributed by atoms with E-state index in [9.17, 15) is 9.90 Å². The summed E-state index contributed by atoms with van der Waals surface area (Å²) in [4.78, 5) is 17.4. The first-order valence-corrected chi connectivity index (χ1v) is 5.47. The summed E-state index contributed by atoms with van der Waals surface area (Å²) in [6, 6.07) is 1.47. The minimum Gasteiger partial charge on any atom is -0.394 e. The van der Waals surface area contributed by atoms with Crippen LogP contribution in [0.1, 0.15) is 24.2 Å². The Morgan fingerprint density at radius 3 is 2.71 bits per heavy atom. The maximum Gasteiger partial charge on any atom is 0.255 e. The number of aliphatic hydroxyl groups excluding tert-OH is 1. The van der Waals surface area contributed by atoms with Gasteiger partial charge in [-0.05, 0) is 19.9 Å². The van der Waals surface area contributed by atoms with Crippen LogP contribution in [0.5, 0.6) is 0 Å². The highest BCUT2D eigenvalue weighted by Gasteiger charge is 2.27. The van der Waals surface area contributed by atoms with Gasteiger partial charge in [0.25, 0.3) is 5.91 Å². The second-order valence-corrected chi connectivity index (χ2v) is 4.83. The molecule has 0 aliphatic rings. The van der Waals surface area contributed by atoms with Gasteiger partial charge in [0.2, 0.25) is 0 Å². The Morgan fingerprint density at radius 1 is 1.65 bits per heavy atom. The van der Waals surface area contributed by atoms with E-state index < -0.39 is 5.54 Å². The number of aromatic nitrogens is 1. The van der Waals surface area contributed by atoms with E-state index in [1.54, 1.807) is 20.9 Å². The molecule has 0 spiro atoms. The van der Waals surface area contributed by atoms with Gasteiger partial charge < -0.3 is 15.7 Å². The van der Waals surface area contributed by atoms with Crippen molar-refractivity contribution in [3.63, 3.8) is 0 Å². The predicted molar refractivity (Wildman–Crippen MR) is 66.9 cm³/mol. The molecule has 0 bridgehead atoms. The smallest absolute Gasteiger partial charge is 0.255 e. The zero-order valence-corrected chi connectivity index (χ0v) is 10.8. The molecule has 3 N–H and O–H groups in total. The van der Waals surface area contributed by atoms with Gasteiger partial charge in [0.05, 0.1) is 22.7 Å². The summed E-state index contributed by atoms with van der Waals surface area (Å²) in [6.45, 7) is 3.39. The number of hydrogen-bond donors (Lipinski definition) is 2. The van der Waals surface area contributed by atoms with Crippen molar-refractivity contribution in [2.75, 3.05) is 19.4 Å². The van der Waals surface area contributed by atoms with E-state index in [1.807, 2.05) is 0 Å². The van der Waals surface area contributed by atoms with Crippen LogP contribution in [0.3, 0.4) is 0 Å². The van der Waals surface area contributed by atoms with Gasteiger partial charge in [-0.2, -0.15) is 0 Å². The van der Waals surface area contributed by atoms with Crippen LogP contribution in [0.25, 0.3) is 0 Å². The number of nitrogen functional groups attached to an aromatic ring is 1. The fourth-order valence-corrected chi connectivity index (χ4v) is 1.31. The Kier molecular flexibility index (Phi) is 3.95. The van der Waals surface area contributed by atoms with E-state index >= 15 is 0 Å². The molecule has 0 saturated heterocycles. The molecule has 5 nitrogen and oxygen atoms in total. The second kappa shape index (κ2) is 4.89. The Balaban J connectivity index is 3.01. The Morgan fingerprint density at radius 2 is 2.24 bits per heavy atom. The van der Waals surface area contributed by atoms with Crippen LogP contribution in [0.15, 0.2) is 12.3 Å². The highest BCUT2D eigenvalue weighted by atomic mass is 35.5. The van der Waals surface area contributed by atoms with Gasteiger partial charge in [-0.15, -0.1) is 0 Å². The van der Waals surface area contributed by atoms with E-state index in [1.165, 1.54) is 17.2 Å². The number of carbonyl (C=O) groups excluding carboxylic acids is 1. The van der Waals surface area contributed by atoms with Crippen molar-refractivity contribution in [3.8, 4) is 0 Å². The number of amides is 1. The largest absolute Gasteiger partial charge is 0.394 e. The van der Waals surface area contributed by atoms with Gasteiger partial charge >= 0.3 is 0 Å². The molecule has 0 radical (unpaired) electrons. The molecule has 1 rings (SSSR count). The van der Waals surface area contributed by atoms with Crippen LogP contribution >= 0.6 is 11.6 Å². The lowest BCUT2D eigenvalue weighted by Crippen LogP contribution is -2.47. The van der Waals surface area contributed by atoms with Gasteiger partial charge in [-0.1, -0.05) is 11.6 Å². The summed E-state index contributed by atoms with van der Waals surface area (Å²) in [5.41, 5.74) is 5.16. The van der Waals surface area contributed by atoms with Gasteiger partial charge in [0.15, 0.2) is 0 Å². The molecule has 0 aliphatic heterocycles. The highest BCUT2D eigenvalue weighted by molar-refractivity contribution is 6.33. The molecule has 0 unspecified atom stereocenters. The van der Waals surface area contributed by atoms with Gasteiger partial charge in [0.1, 0.15) is 5.82 Å². The fraction of sp³-hybridized carbons (Fsp3) is 0.455. The normalized spacial score (nSPS) is 11.4. The number of aliphatic hydroxyl groups is 1. The first-order valence-electron chi connectivity index (χ1n) is 5.09. The molecule has 0 fully saturated rings.